The maximum atomic E-state index is 4.38. The van der Waals surface area contributed by atoms with E-state index in [1.807, 2.05) is 17.9 Å². The second kappa shape index (κ2) is 6.39. The predicted molar refractivity (Wildman–Crippen MR) is 87.5 cm³/mol. The van der Waals surface area contributed by atoms with Gasteiger partial charge in [-0.05, 0) is 24.7 Å². The Morgan fingerprint density at radius 1 is 1.24 bits per heavy atom. The number of nitrogens with zero attached hydrogens (tertiary/aromatic N) is 3. The van der Waals surface area contributed by atoms with E-state index in [1.165, 1.54) is 37.8 Å². The molecule has 3 rings (SSSR count). The van der Waals surface area contributed by atoms with Crippen LogP contribution in [0.1, 0.15) is 46.0 Å². The lowest BCUT2D eigenvalue weighted by atomic mass is 9.82. The van der Waals surface area contributed by atoms with E-state index in [1.54, 1.807) is 0 Å². The fourth-order valence-corrected chi connectivity index (χ4v) is 4.10. The van der Waals surface area contributed by atoms with Crippen molar-refractivity contribution in [2.45, 2.75) is 58.0 Å². The van der Waals surface area contributed by atoms with Crippen LogP contribution in [0.3, 0.4) is 0 Å². The number of piperazine rings is 1. The molecule has 118 valence electrons. The molecule has 4 nitrogen and oxygen atoms in total. The summed E-state index contributed by atoms with van der Waals surface area (Å²) in [6.45, 7) is 6.90. The molecule has 4 heteroatoms. The second-order valence-electron chi connectivity index (χ2n) is 7.25. The van der Waals surface area contributed by atoms with Gasteiger partial charge in [-0.1, -0.05) is 33.1 Å². The standard InChI is InChI=1S/C17H30N4/c1-13(2)17-10-18-16(14-7-5-4-6-8-14)12-21(17)15-9-19-20(3)11-15/h9,11,13-14,16-18H,4-8,10,12H2,1-3H3. The molecular formula is C17H30N4. The number of hydrogen-bond donors (Lipinski definition) is 1. The van der Waals surface area contributed by atoms with Crippen molar-refractivity contribution in [2.75, 3.05) is 18.0 Å². The monoisotopic (exact) mass is 290 g/mol. The third kappa shape index (κ3) is 3.25. The van der Waals surface area contributed by atoms with Gasteiger partial charge in [0, 0.05) is 38.4 Å². The van der Waals surface area contributed by atoms with Crippen LogP contribution >= 0.6 is 0 Å². The summed E-state index contributed by atoms with van der Waals surface area (Å²) >= 11 is 0. The first-order valence-electron chi connectivity index (χ1n) is 8.64. The molecule has 2 heterocycles. The van der Waals surface area contributed by atoms with Crippen LogP contribution in [0.25, 0.3) is 0 Å². The molecule has 2 aliphatic rings. The first kappa shape index (κ1) is 14.9. The molecule has 1 saturated carbocycles. The Morgan fingerprint density at radius 3 is 2.62 bits per heavy atom. The average molecular weight is 290 g/mol. The minimum Gasteiger partial charge on any atom is -0.363 e. The maximum Gasteiger partial charge on any atom is 0.0755 e. The van der Waals surface area contributed by atoms with Crippen LogP contribution in [0.15, 0.2) is 12.4 Å². The number of rotatable bonds is 3. The second-order valence-corrected chi connectivity index (χ2v) is 7.25. The van der Waals surface area contributed by atoms with Crippen LogP contribution in [0, 0.1) is 11.8 Å². The highest BCUT2D eigenvalue weighted by atomic mass is 15.3. The van der Waals surface area contributed by atoms with Crippen molar-refractivity contribution in [3.8, 4) is 0 Å². The zero-order chi connectivity index (χ0) is 14.8. The van der Waals surface area contributed by atoms with Crippen molar-refractivity contribution < 1.29 is 0 Å². The quantitative estimate of drug-likeness (QED) is 0.929. The molecule has 1 saturated heterocycles. The fourth-order valence-electron chi connectivity index (χ4n) is 4.10. The fraction of sp³-hybridized carbons (Fsp3) is 0.824. The van der Waals surface area contributed by atoms with Crippen molar-refractivity contribution in [3.63, 3.8) is 0 Å². The molecule has 0 amide bonds. The van der Waals surface area contributed by atoms with Crippen LogP contribution in [0.2, 0.25) is 0 Å². The highest BCUT2D eigenvalue weighted by molar-refractivity contribution is 5.45. The van der Waals surface area contributed by atoms with E-state index in [4.69, 9.17) is 0 Å². The van der Waals surface area contributed by atoms with Gasteiger partial charge in [-0.3, -0.25) is 4.68 Å². The van der Waals surface area contributed by atoms with Crippen LogP contribution in [0.5, 0.6) is 0 Å². The molecule has 1 aliphatic heterocycles. The van der Waals surface area contributed by atoms with Gasteiger partial charge in [-0.25, -0.2) is 0 Å². The number of nitrogens with one attached hydrogen (secondary N) is 1. The number of aromatic nitrogens is 2. The zero-order valence-corrected chi connectivity index (χ0v) is 13.8. The maximum absolute atomic E-state index is 4.38. The van der Waals surface area contributed by atoms with Crippen LogP contribution in [0.4, 0.5) is 5.69 Å². The first-order chi connectivity index (χ1) is 10.1. The SMILES string of the molecule is CC(C)C1CNC(C2CCCCC2)CN1c1cnn(C)c1. The van der Waals surface area contributed by atoms with E-state index in [0.29, 0.717) is 18.0 Å². The Balaban J connectivity index is 1.75. The Hall–Kier alpha value is -1.03. The average Bonchev–Trinajstić information content (AvgIpc) is 2.94. The van der Waals surface area contributed by atoms with E-state index in [-0.39, 0.29) is 0 Å². The molecule has 0 bridgehead atoms. The highest BCUT2D eigenvalue weighted by Gasteiger charge is 2.34. The van der Waals surface area contributed by atoms with E-state index < -0.39 is 0 Å². The molecule has 1 aromatic rings. The molecule has 2 unspecified atom stereocenters. The van der Waals surface area contributed by atoms with Crippen molar-refractivity contribution in [3.05, 3.63) is 12.4 Å². The Labute approximate surface area is 128 Å². The lowest BCUT2D eigenvalue weighted by Gasteiger charge is -2.46. The first-order valence-corrected chi connectivity index (χ1v) is 8.64. The number of hydrogen-bond acceptors (Lipinski definition) is 3. The summed E-state index contributed by atoms with van der Waals surface area (Å²) in [5.74, 6) is 1.52. The van der Waals surface area contributed by atoms with E-state index in [9.17, 15) is 0 Å². The van der Waals surface area contributed by atoms with Crippen LogP contribution in [-0.2, 0) is 7.05 Å². The summed E-state index contributed by atoms with van der Waals surface area (Å²) in [5.41, 5.74) is 1.29. The number of aryl methyl sites for hydroxylation is 1. The largest absolute Gasteiger partial charge is 0.363 e. The summed E-state index contributed by atoms with van der Waals surface area (Å²) in [4.78, 5) is 2.60. The Morgan fingerprint density at radius 2 is 2.00 bits per heavy atom. The van der Waals surface area contributed by atoms with Crippen LogP contribution in [-0.4, -0.2) is 35.0 Å². The summed E-state index contributed by atoms with van der Waals surface area (Å²) in [6.07, 6.45) is 11.3. The van der Waals surface area contributed by atoms with Crippen molar-refractivity contribution in [2.24, 2.45) is 18.9 Å². The molecule has 21 heavy (non-hydrogen) atoms. The van der Waals surface area contributed by atoms with Crippen LogP contribution < -0.4 is 10.2 Å². The van der Waals surface area contributed by atoms with Gasteiger partial charge < -0.3 is 10.2 Å². The summed E-state index contributed by atoms with van der Waals surface area (Å²) < 4.78 is 1.92. The molecule has 1 aliphatic carbocycles. The van der Waals surface area contributed by atoms with Gasteiger partial charge in [0.25, 0.3) is 0 Å². The van der Waals surface area contributed by atoms with Gasteiger partial charge in [0.05, 0.1) is 11.9 Å². The molecule has 2 fully saturated rings. The summed E-state index contributed by atoms with van der Waals surface area (Å²) in [7, 11) is 2.01. The molecular weight excluding hydrogens is 260 g/mol. The van der Waals surface area contributed by atoms with Crippen molar-refractivity contribution in [1.82, 2.24) is 15.1 Å². The highest BCUT2D eigenvalue weighted by Crippen LogP contribution is 2.31. The van der Waals surface area contributed by atoms with Gasteiger partial charge in [0.1, 0.15) is 0 Å². The molecule has 0 spiro atoms. The van der Waals surface area contributed by atoms with E-state index in [2.05, 4.69) is 35.4 Å². The summed E-state index contributed by atoms with van der Waals surface area (Å²) in [6, 6.07) is 1.23. The molecule has 1 aromatic heterocycles. The lowest BCUT2D eigenvalue weighted by Crippen LogP contribution is -2.60. The molecule has 0 radical (unpaired) electrons. The normalized spacial score (nSPS) is 28.3. The topological polar surface area (TPSA) is 33.1 Å². The van der Waals surface area contributed by atoms with Crippen molar-refractivity contribution in [1.29, 1.82) is 0 Å². The Kier molecular flexibility index (Phi) is 4.53. The van der Waals surface area contributed by atoms with Gasteiger partial charge in [0.15, 0.2) is 0 Å². The molecule has 1 N–H and O–H groups in total. The van der Waals surface area contributed by atoms with Gasteiger partial charge in [-0.2, -0.15) is 5.10 Å². The smallest absolute Gasteiger partial charge is 0.0755 e. The van der Waals surface area contributed by atoms with Gasteiger partial charge in [0.2, 0.25) is 0 Å². The van der Waals surface area contributed by atoms with E-state index in [0.717, 1.165) is 19.0 Å². The predicted octanol–water partition coefficient (Wildman–Crippen LogP) is 2.80. The molecule has 2 atom stereocenters. The third-order valence-corrected chi connectivity index (χ3v) is 5.39. The van der Waals surface area contributed by atoms with E-state index >= 15 is 0 Å². The summed E-state index contributed by atoms with van der Waals surface area (Å²) in [5, 5.41) is 8.24. The van der Waals surface area contributed by atoms with Gasteiger partial charge >= 0.3 is 0 Å². The van der Waals surface area contributed by atoms with Gasteiger partial charge in [-0.15, -0.1) is 0 Å². The third-order valence-electron chi connectivity index (χ3n) is 5.39. The minimum atomic E-state index is 0.578. The minimum absolute atomic E-state index is 0.578. The number of anilines is 1. The zero-order valence-electron chi connectivity index (χ0n) is 13.8. The Bertz CT molecular complexity index is 447. The molecule has 0 aromatic carbocycles. The van der Waals surface area contributed by atoms with Crippen molar-refractivity contribution >= 4 is 5.69 Å². The lowest BCUT2D eigenvalue weighted by molar-refractivity contribution is 0.229.